The second-order valence-electron chi connectivity index (χ2n) is 9.67. The molecular formula is C28H22Cl2N8O4. The lowest BCUT2D eigenvalue weighted by Gasteiger charge is -2.31. The molecule has 0 radical (unpaired) electrons. The van der Waals surface area contributed by atoms with Crippen LogP contribution in [0, 0.1) is 0 Å². The third kappa shape index (κ3) is 5.41. The Morgan fingerprint density at radius 3 is 2.55 bits per heavy atom. The quantitative estimate of drug-likeness (QED) is 0.297. The van der Waals surface area contributed by atoms with Crippen LogP contribution in [0.5, 0.6) is 0 Å². The molecule has 5 aromatic rings. The summed E-state index contributed by atoms with van der Waals surface area (Å²) < 4.78 is 4.50. The Balaban J connectivity index is 1.36. The molecule has 2 aromatic carbocycles. The highest BCUT2D eigenvalue weighted by atomic mass is 35.5. The predicted molar refractivity (Wildman–Crippen MR) is 153 cm³/mol. The molecule has 42 heavy (non-hydrogen) atoms. The number of carbonyl (C=O) groups excluding carboxylic acids is 1. The van der Waals surface area contributed by atoms with Gasteiger partial charge in [-0.15, -0.1) is 5.10 Å². The Morgan fingerprint density at radius 2 is 1.83 bits per heavy atom. The smallest absolute Gasteiger partial charge is 0.356 e. The third-order valence-corrected chi connectivity index (χ3v) is 7.42. The zero-order valence-corrected chi connectivity index (χ0v) is 23.4. The Hall–Kier alpha value is -4.81. The molecule has 0 unspecified atom stereocenters. The number of carbonyl (C=O) groups is 2. The molecule has 1 aliphatic rings. The average molecular weight is 605 g/mol. The molecule has 212 valence electrons. The molecule has 1 aliphatic heterocycles. The first kappa shape index (κ1) is 27.4. The highest BCUT2D eigenvalue weighted by Gasteiger charge is 2.31. The minimum Gasteiger partial charge on any atom is -0.476 e. The van der Waals surface area contributed by atoms with E-state index in [-0.39, 0.29) is 29.7 Å². The van der Waals surface area contributed by atoms with Crippen LogP contribution in [0.2, 0.25) is 10.2 Å². The van der Waals surface area contributed by atoms with Crippen LogP contribution in [0.25, 0.3) is 16.9 Å². The van der Waals surface area contributed by atoms with E-state index >= 15 is 0 Å². The summed E-state index contributed by atoms with van der Waals surface area (Å²) in [5.74, 6) is -0.973. The number of carboxylic acids is 1. The zero-order chi connectivity index (χ0) is 29.4. The van der Waals surface area contributed by atoms with Crippen LogP contribution in [-0.2, 0) is 24.3 Å². The number of halogens is 2. The van der Waals surface area contributed by atoms with Crippen molar-refractivity contribution in [2.75, 3.05) is 6.54 Å². The highest BCUT2D eigenvalue weighted by Crippen LogP contribution is 2.28. The van der Waals surface area contributed by atoms with E-state index < -0.39 is 17.6 Å². The first-order valence-electron chi connectivity index (χ1n) is 12.8. The number of aromatic nitrogens is 7. The van der Waals surface area contributed by atoms with Gasteiger partial charge in [-0.1, -0.05) is 58.7 Å². The van der Waals surface area contributed by atoms with Crippen LogP contribution in [0.15, 0.2) is 78.1 Å². The van der Waals surface area contributed by atoms with Crippen LogP contribution in [0.1, 0.15) is 27.9 Å². The SMILES string of the molecule is O=C(O)c1cn2c(n1)CN(C(=O)[C@H](Cc1ccccc1)n1cnc(-c3cc(Cl)ccc3-n3cc(Cl)nn3)cc1=O)CC2. The van der Waals surface area contributed by atoms with E-state index in [2.05, 4.69) is 20.3 Å². The molecule has 14 heteroatoms. The minimum absolute atomic E-state index is 0.0790. The van der Waals surface area contributed by atoms with Gasteiger partial charge in [0, 0.05) is 42.4 Å². The summed E-state index contributed by atoms with van der Waals surface area (Å²) in [6.07, 6.45) is 4.58. The van der Waals surface area contributed by atoms with E-state index in [9.17, 15) is 19.5 Å². The van der Waals surface area contributed by atoms with E-state index in [0.717, 1.165) is 5.56 Å². The molecule has 0 fully saturated rings. The lowest BCUT2D eigenvalue weighted by atomic mass is 10.0. The van der Waals surface area contributed by atoms with Crippen molar-refractivity contribution in [3.8, 4) is 16.9 Å². The van der Waals surface area contributed by atoms with Crippen molar-refractivity contribution in [2.24, 2.45) is 0 Å². The molecule has 0 saturated carbocycles. The maximum atomic E-state index is 14.0. The standard InChI is InChI=1S/C28H22Cl2N8O4/c29-18-6-7-22(38-14-24(30)33-34-38)19(11-18)20-12-26(39)37(16-31-20)23(10-17-4-2-1-3-5-17)27(40)36-9-8-35-13-21(28(41)42)32-25(35)15-36/h1-7,11-14,16,23H,8-10,15H2,(H,41,42)/t23-/m0/s1. The molecule has 1 N–H and O–H groups in total. The number of carboxylic acid groups (broad SMARTS) is 1. The second kappa shape index (κ2) is 11.2. The van der Waals surface area contributed by atoms with Crippen LogP contribution in [-0.4, -0.2) is 62.5 Å². The topological polar surface area (TPSA) is 141 Å². The molecule has 1 atom stereocenters. The van der Waals surface area contributed by atoms with Crippen LogP contribution in [0.3, 0.4) is 0 Å². The van der Waals surface area contributed by atoms with Gasteiger partial charge in [0.2, 0.25) is 5.91 Å². The fourth-order valence-corrected chi connectivity index (χ4v) is 5.26. The number of rotatable bonds is 7. The van der Waals surface area contributed by atoms with E-state index in [0.29, 0.717) is 40.9 Å². The fraction of sp³-hybridized carbons (Fsp3) is 0.179. The first-order chi connectivity index (χ1) is 20.3. The molecule has 1 amide bonds. The predicted octanol–water partition coefficient (Wildman–Crippen LogP) is 3.52. The van der Waals surface area contributed by atoms with Gasteiger partial charge < -0.3 is 14.6 Å². The monoisotopic (exact) mass is 604 g/mol. The maximum Gasteiger partial charge on any atom is 0.356 e. The Morgan fingerprint density at radius 1 is 1.02 bits per heavy atom. The van der Waals surface area contributed by atoms with Gasteiger partial charge in [-0.2, -0.15) is 0 Å². The third-order valence-electron chi connectivity index (χ3n) is 7.01. The van der Waals surface area contributed by atoms with E-state index in [1.165, 1.54) is 34.0 Å². The molecule has 0 bridgehead atoms. The van der Waals surface area contributed by atoms with Gasteiger partial charge in [-0.3, -0.25) is 14.2 Å². The Bertz CT molecular complexity index is 1870. The Kier molecular flexibility index (Phi) is 7.31. The van der Waals surface area contributed by atoms with Crippen molar-refractivity contribution in [1.29, 1.82) is 0 Å². The summed E-state index contributed by atoms with van der Waals surface area (Å²) in [7, 11) is 0. The number of benzene rings is 2. The number of aromatic carboxylic acids is 1. The summed E-state index contributed by atoms with van der Waals surface area (Å²) >= 11 is 12.2. The van der Waals surface area contributed by atoms with Crippen molar-refractivity contribution in [2.45, 2.75) is 25.6 Å². The van der Waals surface area contributed by atoms with Crippen LogP contribution in [0.4, 0.5) is 0 Å². The summed E-state index contributed by atoms with van der Waals surface area (Å²) in [5.41, 5.74) is 1.75. The van der Waals surface area contributed by atoms with Gasteiger partial charge in [0.15, 0.2) is 10.8 Å². The Labute approximate surface area is 248 Å². The maximum absolute atomic E-state index is 14.0. The van der Waals surface area contributed by atoms with Crippen molar-refractivity contribution < 1.29 is 14.7 Å². The highest BCUT2D eigenvalue weighted by molar-refractivity contribution is 6.31. The largest absolute Gasteiger partial charge is 0.476 e. The lowest BCUT2D eigenvalue weighted by molar-refractivity contribution is -0.136. The minimum atomic E-state index is -1.13. The van der Waals surface area contributed by atoms with E-state index in [1.807, 2.05) is 30.3 Å². The van der Waals surface area contributed by atoms with Gasteiger partial charge in [-0.25, -0.2) is 19.4 Å². The van der Waals surface area contributed by atoms with Crippen LogP contribution < -0.4 is 5.56 Å². The summed E-state index contributed by atoms with van der Waals surface area (Å²) in [6.45, 7) is 0.832. The van der Waals surface area contributed by atoms with Gasteiger partial charge >= 0.3 is 5.97 Å². The summed E-state index contributed by atoms with van der Waals surface area (Å²) in [6, 6.07) is 14.9. The number of imidazole rings is 1. The summed E-state index contributed by atoms with van der Waals surface area (Å²) in [5, 5.41) is 17.8. The number of hydrogen-bond donors (Lipinski definition) is 1. The lowest BCUT2D eigenvalue weighted by Crippen LogP contribution is -2.44. The molecular weight excluding hydrogens is 583 g/mol. The molecule has 3 aromatic heterocycles. The molecule has 0 spiro atoms. The van der Waals surface area contributed by atoms with E-state index in [1.54, 1.807) is 27.7 Å². The van der Waals surface area contributed by atoms with Gasteiger partial charge in [-0.05, 0) is 23.8 Å². The number of hydrogen-bond acceptors (Lipinski definition) is 7. The number of amides is 1. The van der Waals surface area contributed by atoms with Crippen molar-refractivity contribution in [1.82, 2.24) is 39.0 Å². The second-order valence-corrected chi connectivity index (χ2v) is 10.5. The van der Waals surface area contributed by atoms with Crippen molar-refractivity contribution >= 4 is 35.1 Å². The van der Waals surface area contributed by atoms with Crippen molar-refractivity contribution in [3.05, 3.63) is 111 Å². The number of nitrogens with zero attached hydrogens (tertiary/aromatic N) is 8. The van der Waals surface area contributed by atoms with Crippen molar-refractivity contribution in [3.63, 3.8) is 0 Å². The molecule has 0 aliphatic carbocycles. The first-order valence-corrected chi connectivity index (χ1v) is 13.6. The normalized spacial score (nSPS) is 13.5. The fourth-order valence-electron chi connectivity index (χ4n) is 4.96. The molecule has 0 saturated heterocycles. The van der Waals surface area contributed by atoms with Gasteiger partial charge in [0.25, 0.3) is 5.56 Å². The summed E-state index contributed by atoms with van der Waals surface area (Å²) in [4.78, 5) is 49.3. The zero-order valence-electron chi connectivity index (χ0n) is 21.8. The van der Waals surface area contributed by atoms with Gasteiger partial charge in [0.05, 0.1) is 30.5 Å². The molecule has 6 rings (SSSR count). The molecule has 4 heterocycles. The van der Waals surface area contributed by atoms with Gasteiger partial charge in [0.1, 0.15) is 11.9 Å². The number of fused-ring (bicyclic) bond motifs is 1. The van der Waals surface area contributed by atoms with Crippen LogP contribution >= 0.6 is 23.2 Å². The average Bonchev–Trinajstić information content (AvgIpc) is 3.62. The molecule has 12 nitrogen and oxygen atoms in total. The van der Waals surface area contributed by atoms with E-state index in [4.69, 9.17) is 23.2 Å².